The molecule has 1 aromatic carbocycles. The summed E-state index contributed by atoms with van der Waals surface area (Å²) in [6, 6.07) is 6.63. The molecule has 24 heavy (non-hydrogen) atoms. The lowest BCUT2D eigenvalue weighted by Gasteiger charge is -2.28. The van der Waals surface area contributed by atoms with Gasteiger partial charge in [0, 0.05) is 25.9 Å². The Hall–Kier alpha value is -1.45. The number of para-hydroxylation sites is 1. The molecule has 0 heterocycles. The summed E-state index contributed by atoms with van der Waals surface area (Å²) in [5, 5.41) is 17.3. The molecule has 0 atom stereocenters. The Morgan fingerprint density at radius 3 is 1.92 bits per heavy atom. The van der Waals surface area contributed by atoms with Crippen molar-refractivity contribution < 1.29 is 28.3 Å². The second kappa shape index (κ2) is 12.9. The van der Waals surface area contributed by atoms with Crippen LogP contribution < -0.4 is 5.73 Å². The Kier molecular flexibility index (Phi) is 12.1. The first-order valence-corrected chi connectivity index (χ1v) is 10.0. The van der Waals surface area contributed by atoms with Crippen LogP contribution in [0.3, 0.4) is 0 Å². The van der Waals surface area contributed by atoms with Crippen LogP contribution in [-0.4, -0.2) is 51.4 Å². The van der Waals surface area contributed by atoms with Gasteiger partial charge in [0.15, 0.2) is 0 Å². The predicted molar refractivity (Wildman–Crippen MR) is 94.2 cm³/mol. The second-order valence-electron chi connectivity index (χ2n) is 4.70. The minimum Gasteiger partial charge on any atom is -0.507 e. The molecule has 8 heteroatoms. The molecule has 0 aromatic heterocycles. The molecule has 0 bridgehead atoms. The molecule has 0 aliphatic heterocycles. The molecule has 1 rings (SSSR count). The maximum atomic E-state index is 10.3. The minimum absolute atomic E-state index is 0.0671. The van der Waals surface area contributed by atoms with Gasteiger partial charge in [0.05, 0.1) is 0 Å². The maximum Gasteiger partial charge on any atom is 0.500 e. The number of aromatic carboxylic acids is 1. The molecule has 0 aliphatic rings. The van der Waals surface area contributed by atoms with E-state index in [1.54, 1.807) is 12.1 Å². The van der Waals surface area contributed by atoms with Gasteiger partial charge in [-0.05, 0) is 45.9 Å². The molecule has 0 saturated carbocycles. The van der Waals surface area contributed by atoms with E-state index in [2.05, 4.69) is 0 Å². The van der Waals surface area contributed by atoms with E-state index < -0.39 is 14.8 Å². The third kappa shape index (κ3) is 8.41. The molecule has 0 aliphatic carbocycles. The maximum absolute atomic E-state index is 10.3. The average molecular weight is 359 g/mol. The van der Waals surface area contributed by atoms with Crippen LogP contribution in [0.4, 0.5) is 0 Å². The number of carboxylic acid groups (broad SMARTS) is 1. The van der Waals surface area contributed by atoms with E-state index >= 15 is 0 Å². The largest absolute Gasteiger partial charge is 0.507 e. The van der Waals surface area contributed by atoms with Gasteiger partial charge in [0.1, 0.15) is 11.3 Å². The molecular weight excluding hydrogens is 330 g/mol. The van der Waals surface area contributed by atoms with Crippen LogP contribution in [-0.2, 0) is 13.3 Å². The standard InChI is InChI=1S/C9H23NO3Si.C7H6O3/c1-4-11-14(12-5-2,13-6-3)9-7-8-10;8-6-4-2-1-3-5(6)7(9)10/h4-10H2,1-3H3;1-4,8H,(H,9,10). The number of benzene rings is 1. The lowest BCUT2D eigenvalue weighted by atomic mass is 10.2. The minimum atomic E-state index is -2.40. The zero-order chi connectivity index (χ0) is 18.4. The van der Waals surface area contributed by atoms with Crippen molar-refractivity contribution in [3.05, 3.63) is 29.8 Å². The predicted octanol–water partition coefficient (Wildman–Crippen LogP) is 2.47. The lowest BCUT2D eigenvalue weighted by Crippen LogP contribution is -2.46. The fraction of sp³-hybridized carbons (Fsp3) is 0.562. The van der Waals surface area contributed by atoms with Crippen molar-refractivity contribution in [2.24, 2.45) is 5.73 Å². The van der Waals surface area contributed by atoms with Gasteiger partial charge in [0.25, 0.3) is 0 Å². The van der Waals surface area contributed by atoms with E-state index in [-0.39, 0.29) is 11.3 Å². The van der Waals surface area contributed by atoms with Gasteiger partial charge in [0.2, 0.25) is 0 Å². The Morgan fingerprint density at radius 2 is 1.58 bits per heavy atom. The number of hydrogen-bond donors (Lipinski definition) is 3. The van der Waals surface area contributed by atoms with E-state index in [4.69, 9.17) is 29.2 Å². The smallest absolute Gasteiger partial charge is 0.500 e. The first-order valence-electron chi connectivity index (χ1n) is 8.09. The van der Waals surface area contributed by atoms with Crippen molar-refractivity contribution in [2.45, 2.75) is 33.2 Å². The third-order valence-electron chi connectivity index (χ3n) is 2.91. The number of aromatic hydroxyl groups is 1. The molecule has 1 aromatic rings. The molecule has 0 saturated heterocycles. The summed E-state index contributed by atoms with van der Waals surface area (Å²) >= 11 is 0. The van der Waals surface area contributed by atoms with Gasteiger partial charge in [-0.1, -0.05) is 12.1 Å². The third-order valence-corrected chi connectivity index (χ3v) is 6.07. The van der Waals surface area contributed by atoms with Gasteiger partial charge in [-0.3, -0.25) is 0 Å². The van der Waals surface area contributed by atoms with Crippen LogP contribution in [0.25, 0.3) is 0 Å². The van der Waals surface area contributed by atoms with Gasteiger partial charge in [-0.2, -0.15) is 0 Å². The number of carbonyl (C=O) groups is 1. The topological polar surface area (TPSA) is 111 Å². The van der Waals surface area contributed by atoms with Crippen LogP contribution in [0, 0.1) is 0 Å². The quantitative estimate of drug-likeness (QED) is 0.550. The van der Waals surface area contributed by atoms with Gasteiger partial charge in [-0.15, -0.1) is 0 Å². The summed E-state index contributed by atoms with van der Waals surface area (Å²) in [6.07, 6.45) is 0.895. The van der Waals surface area contributed by atoms with E-state index in [0.717, 1.165) is 12.5 Å². The highest BCUT2D eigenvalue weighted by atomic mass is 28.4. The Labute approximate surface area is 144 Å². The van der Waals surface area contributed by atoms with Crippen LogP contribution >= 0.6 is 0 Å². The van der Waals surface area contributed by atoms with E-state index in [9.17, 15) is 4.79 Å². The van der Waals surface area contributed by atoms with E-state index in [0.29, 0.717) is 26.4 Å². The highest BCUT2D eigenvalue weighted by Crippen LogP contribution is 2.17. The second-order valence-corrected chi connectivity index (χ2v) is 7.43. The monoisotopic (exact) mass is 359 g/mol. The summed E-state index contributed by atoms with van der Waals surface area (Å²) in [5.41, 5.74) is 5.41. The summed E-state index contributed by atoms with van der Waals surface area (Å²) < 4.78 is 17.0. The zero-order valence-corrected chi connectivity index (χ0v) is 15.7. The molecule has 0 spiro atoms. The van der Waals surface area contributed by atoms with Gasteiger partial charge >= 0.3 is 14.8 Å². The van der Waals surface area contributed by atoms with E-state index in [1.807, 2.05) is 20.8 Å². The number of carboxylic acids is 1. The van der Waals surface area contributed by atoms with Crippen LogP contribution in [0.1, 0.15) is 37.6 Å². The van der Waals surface area contributed by atoms with Crippen molar-refractivity contribution in [2.75, 3.05) is 26.4 Å². The molecule has 0 unspecified atom stereocenters. The summed E-state index contributed by atoms with van der Waals surface area (Å²) in [7, 11) is -2.40. The molecular formula is C16H29NO6Si. The number of hydrogen-bond acceptors (Lipinski definition) is 6. The van der Waals surface area contributed by atoms with E-state index in [1.165, 1.54) is 12.1 Å². The van der Waals surface area contributed by atoms with Crippen molar-refractivity contribution in [3.63, 3.8) is 0 Å². The first-order chi connectivity index (χ1) is 11.5. The van der Waals surface area contributed by atoms with Crippen LogP contribution in [0.2, 0.25) is 6.04 Å². The molecule has 0 amide bonds. The highest BCUT2D eigenvalue weighted by Gasteiger charge is 2.39. The fourth-order valence-corrected chi connectivity index (χ4v) is 4.61. The number of rotatable bonds is 10. The van der Waals surface area contributed by atoms with Crippen molar-refractivity contribution >= 4 is 14.8 Å². The molecule has 0 fully saturated rings. The molecule has 4 N–H and O–H groups in total. The Balaban J connectivity index is 0.000000463. The van der Waals surface area contributed by atoms with Crippen LogP contribution in [0.15, 0.2) is 24.3 Å². The Bertz CT molecular complexity index is 455. The van der Waals surface area contributed by atoms with Crippen molar-refractivity contribution in [1.29, 1.82) is 0 Å². The lowest BCUT2D eigenvalue weighted by molar-refractivity contribution is 0.0689. The normalized spacial score (nSPS) is 10.8. The average Bonchev–Trinajstić information content (AvgIpc) is 2.54. The molecule has 0 radical (unpaired) electrons. The molecule has 138 valence electrons. The van der Waals surface area contributed by atoms with Crippen molar-refractivity contribution in [3.8, 4) is 5.75 Å². The highest BCUT2D eigenvalue weighted by molar-refractivity contribution is 6.60. The summed E-state index contributed by atoms with van der Waals surface area (Å²) in [6.45, 7) is 8.44. The van der Waals surface area contributed by atoms with Gasteiger partial charge < -0.3 is 29.2 Å². The molecule has 7 nitrogen and oxygen atoms in total. The fourth-order valence-electron chi connectivity index (χ4n) is 1.97. The summed E-state index contributed by atoms with van der Waals surface area (Å²) in [4.78, 5) is 10.3. The SMILES string of the molecule is CCO[Si](CCCN)(OCC)OCC.O=C(O)c1ccccc1O. The Morgan fingerprint density at radius 1 is 1.08 bits per heavy atom. The summed E-state index contributed by atoms with van der Waals surface area (Å²) in [5.74, 6) is -1.31. The number of phenols is 1. The first kappa shape index (κ1) is 22.5. The zero-order valence-electron chi connectivity index (χ0n) is 14.7. The van der Waals surface area contributed by atoms with Gasteiger partial charge in [-0.25, -0.2) is 4.79 Å². The van der Waals surface area contributed by atoms with Crippen molar-refractivity contribution in [1.82, 2.24) is 0 Å². The van der Waals surface area contributed by atoms with Crippen LogP contribution in [0.5, 0.6) is 5.75 Å². The number of nitrogens with two attached hydrogens (primary N) is 1.